The van der Waals surface area contributed by atoms with Crippen LogP contribution in [0.25, 0.3) is 0 Å². The molecule has 1 saturated heterocycles. The summed E-state index contributed by atoms with van der Waals surface area (Å²) in [6.45, 7) is -3.30. The summed E-state index contributed by atoms with van der Waals surface area (Å²) in [5, 5.41) is 2.67. The minimum absolute atomic E-state index is 0.0567. The lowest BCUT2D eigenvalue weighted by Gasteiger charge is -2.29. The number of rotatable bonds is 6. The largest absolute Gasteiger partial charge is 0.420 e. The molecule has 28 heavy (non-hydrogen) atoms. The van der Waals surface area contributed by atoms with Crippen LogP contribution in [0.2, 0.25) is 0 Å². The fourth-order valence-corrected chi connectivity index (χ4v) is 6.59. The summed E-state index contributed by atoms with van der Waals surface area (Å²) in [6.07, 6.45) is 0.397. The van der Waals surface area contributed by atoms with Crippen molar-refractivity contribution in [3.05, 3.63) is 60.7 Å². The summed E-state index contributed by atoms with van der Waals surface area (Å²) >= 11 is 5.57. The molecule has 1 heterocycles. The number of benzene rings is 2. The summed E-state index contributed by atoms with van der Waals surface area (Å²) in [5.74, 6) is 0.949. The van der Waals surface area contributed by atoms with Gasteiger partial charge in [0.05, 0.1) is 11.5 Å². The molecule has 10 heteroatoms. The number of nitrogens with one attached hydrogen (secondary N) is 1. The average molecular weight is 440 g/mol. The fourth-order valence-electron chi connectivity index (χ4n) is 2.75. The predicted octanol–water partition coefficient (Wildman–Crippen LogP) is 3.20. The van der Waals surface area contributed by atoms with Crippen molar-refractivity contribution in [2.75, 3.05) is 18.6 Å². The number of para-hydroxylation sites is 2. The molecule has 1 fully saturated rings. The van der Waals surface area contributed by atoms with Crippen molar-refractivity contribution in [2.24, 2.45) is 0 Å². The third-order valence-corrected chi connectivity index (χ3v) is 8.09. The lowest BCUT2D eigenvalue weighted by Crippen LogP contribution is -2.44. The smallest absolute Gasteiger partial charge is 0.396 e. The van der Waals surface area contributed by atoms with Crippen molar-refractivity contribution < 1.29 is 22.3 Å². The third-order valence-electron chi connectivity index (χ3n) is 4.25. The molecule has 0 radical (unpaired) electrons. The van der Waals surface area contributed by atoms with Crippen molar-refractivity contribution in [2.45, 2.75) is 12.5 Å². The van der Waals surface area contributed by atoms with Crippen LogP contribution in [-0.4, -0.2) is 43.9 Å². The first-order chi connectivity index (χ1) is 13.3. The van der Waals surface area contributed by atoms with Crippen LogP contribution in [0.1, 0.15) is 6.42 Å². The molecule has 0 unspecified atom stereocenters. The molecule has 0 saturated carbocycles. The first-order valence-corrected chi connectivity index (χ1v) is 13.1. The predicted molar refractivity (Wildman–Crippen MR) is 112 cm³/mol. The molecule has 0 aliphatic carbocycles. The van der Waals surface area contributed by atoms with Crippen LogP contribution in [-0.2, 0) is 21.6 Å². The number of sulfone groups is 1. The second-order valence-corrected chi connectivity index (χ2v) is 11.6. The van der Waals surface area contributed by atoms with E-state index in [0.717, 1.165) is 0 Å². The maximum atomic E-state index is 12.8. The molecule has 1 aliphatic heterocycles. The van der Waals surface area contributed by atoms with Gasteiger partial charge in [0, 0.05) is 24.9 Å². The number of hydrogen-bond donors (Lipinski definition) is 1. The molecule has 1 atom stereocenters. The molecule has 0 bridgehead atoms. The van der Waals surface area contributed by atoms with Crippen molar-refractivity contribution in [3.63, 3.8) is 0 Å². The number of urea groups is 1. The molecule has 150 valence electrons. The van der Waals surface area contributed by atoms with E-state index in [2.05, 4.69) is 5.09 Å². The monoisotopic (exact) mass is 440 g/mol. The number of carbonyl (C=O) groups excluding carboxylic acids is 1. The highest BCUT2D eigenvalue weighted by molar-refractivity contribution is 8.09. The molecular formula is C18H21N2O5PS2. The molecule has 7 nitrogen and oxygen atoms in total. The number of hydrogen-bond acceptors (Lipinski definition) is 6. The molecule has 3 rings (SSSR count). The van der Waals surface area contributed by atoms with Gasteiger partial charge in [0.15, 0.2) is 9.84 Å². The van der Waals surface area contributed by atoms with Crippen LogP contribution in [0.5, 0.6) is 11.5 Å². The van der Waals surface area contributed by atoms with Crippen molar-refractivity contribution >= 4 is 34.3 Å². The summed E-state index contributed by atoms with van der Waals surface area (Å²) in [7, 11) is -1.57. The van der Waals surface area contributed by atoms with Crippen LogP contribution >= 0.6 is 6.64 Å². The zero-order chi connectivity index (χ0) is 20.2. The Morgan fingerprint density at radius 3 is 2.00 bits per heavy atom. The molecule has 0 aromatic heterocycles. The number of amides is 2. The quantitative estimate of drug-likeness (QED) is 0.695. The Morgan fingerprint density at radius 2 is 1.57 bits per heavy atom. The van der Waals surface area contributed by atoms with Crippen molar-refractivity contribution in [1.29, 1.82) is 0 Å². The summed E-state index contributed by atoms with van der Waals surface area (Å²) in [4.78, 5) is 14.1. The Labute approximate surface area is 169 Å². The standard InChI is InChI=1S/C18H21N2O5PS2/c1-20(15-12-13-28(22,23)14-15)18(21)19-26(27,24-16-8-4-2-5-9-16)25-17-10-6-3-7-11-17/h2-11,15H,12-14H2,1H3,(H,19,21,27)/t15-/m1/s1. The molecule has 0 spiro atoms. The summed E-state index contributed by atoms with van der Waals surface area (Å²) in [6, 6.07) is 16.8. The van der Waals surface area contributed by atoms with E-state index in [1.165, 1.54) is 4.90 Å². The van der Waals surface area contributed by atoms with Crippen LogP contribution < -0.4 is 14.1 Å². The molecule has 1 N–H and O–H groups in total. The van der Waals surface area contributed by atoms with Gasteiger partial charge in [-0.3, -0.25) is 0 Å². The van der Waals surface area contributed by atoms with Crippen LogP contribution in [0.4, 0.5) is 4.79 Å². The lowest BCUT2D eigenvalue weighted by atomic mass is 10.2. The zero-order valence-electron chi connectivity index (χ0n) is 15.2. The number of carbonyl (C=O) groups is 1. The van der Waals surface area contributed by atoms with E-state index in [0.29, 0.717) is 17.9 Å². The zero-order valence-corrected chi connectivity index (χ0v) is 17.8. The van der Waals surface area contributed by atoms with Gasteiger partial charge in [-0.1, -0.05) is 36.4 Å². The van der Waals surface area contributed by atoms with Gasteiger partial charge in [0.25, 0.3) is 0 Å². The highest BCUT2D eigenvalue weighted by atomic mass is 32.5. The Morgan fingerprint density at radius 1 is 1.07 bits per heavy atom. The van der Waals surface area contributed by atoms with E-state index in [1.807, 2.05) is 12.1 Å². The highest BCUT2D eigenvalue weighted by Gasteiger charge is 2.35. The van der Waals surface area contributed by atoms with Gasteiger partial charge in [0.1, 0.15) is 11.5 Å². The van der Waals surface area contributed by atoms with Crippen LogP contribution in [0.3, 0.4) is 0 Å². The van der Waals surface area contributed by atoms with Gasteiger partial charge in [0.2, 0.25) is 0 Å². The van der Waals surface area contributed by atoms with Crippen LogP contribution in [0, 0.1) is 0 Å². The maximum Gasteiger partial charge on any atom is 0.396 e. The topological polar surface area (TPSA) is 84.9 Å². The van der Waals surface area contributed by atoms with E-state index in [-0.39, 0.29) is 11.5 Å². The Bertz CT molecular complexity index is 924. The molecule has 2 amide bonds. The van der Waals surface area contributed by atoms with E-state index in [9.17, 15) is 13.2 Å². The summed E-state index contributed by atoms with van der Waals surface area (Å²) in [5.41, 5.74) is 0. The van der Waals surface area contributed by atoms with E-state index in [1.54, 1.807) is 55.6 Å². The second-order valence-electron chi connectivity index (χ2n) is 6.39. The average Bonchev–Trinajstić information content (AvgIpc) is 3.02. The van der Waals surface area contributed by atoms with Gasteiger partial charge >= 0.3 is 12.7 Å². The molecule has 2 aromatic rings. The minimum Gasteiger partial charge on any atom is -0.420 e. The van der Waals surface area contributed by atoms with Crippen molar-refractivity contribution in [3.8, 4) is 11.5 Å². The van der Waals surface area contributed by atoms with Gasteiger partial charge in [-0.2, -0.15) is 0 Å². The molecule has 2 aromatic carbocycles. The first kappa shape index (κ1) is 20.6. The van der Waals surface area contributed by atoms with Gasteiger partial charge < -0.3 is 13.9 Å². The van der Waals surface area contributed by atoms with Gasteiger partial charge in [-0.25, -0.2) is 18.3 Å². The Hall–Kier alpha value is -2.09. The summed E-state index contributed by atoms with van der Waals surface area (Å²) < 4.78 is 35.1. The first-order valence-electron chi connectivity index (χ1n) is 8.61. The Kier molecular flexibility index (Phi) is 6.27. The lowest BCUT2D eigenvalue weighted by molar-refractivity contribution is 0.200. The normalized spacial score (nSPS) is 18.2. The third kappa shape index (κ3) is 5.47. The molecule has 1 aliphatic rings. The van der Waals surface area contributed by atoms with E-state index in [4.69, 9.17) is 20.9 Å². The Balaban J connectivity index is 1.78. The number of nitrogens with zero attached hydrogens (tertiary/aromatic N) is 1. The second kappa shape index (κ2) is 8.51. The highest BCUT2D eigenvalue weighted by Crippen LogP contribution is 2.45. The SMILES string of the molecule is CN(C(=O)NP(=S)(Oc1ccccc1)Oc1ccccc1)[C@@H]1CCS(=O)(=O)C1. The maximum absolute atomic E-state index is 12.8. The van der Waals surface area contributed by atoms with Gasteiger partial charge in [-0.05, 0) is 30.7 Å². The van der Waals surface area contributed by atoms with Crippen LogP contribution in [0.15, 0.2) is 60.7 Å². The van der Waals surface area contributed by atoms with Gasteiger partial charge in [-0.15, -0.1) is 0 Å². The molecular weight excluding hydrogens is 419 g/mol. The van der Waals surface area contributed by atoms with E-state index < -0.39 is 28.6 Å². The van der Waals surface area contributed by atoms with E-state index >= 15 is 0 Å². The fraction of sp³-hybridized carbons (Fsp3) is 0.278. The van der Waals surface area contributed by atoms with Crippen molar-refractivity contribution in [1.82, 2.24) is 9.99 Å². The minimum atomic E-state index is -3.30.